The number of phosphoric acid groups is 1. The summed E-state index contributed by atoms with van der Waals surface area (Å²) in [5.74, 6) is -0.787. The Labute approximate surface area is 532 Å². The maximum Gasteiger partial charge on any atom is 0.472 e. The lowest BCUT2D eigenvalue weighted by atomic mass is 10.0. The normalized spacial score (nSPS) is 13.7. The van der Waals surface area contributed by atoms with E-state index in [0.29, 0.717) is 17.4 Å². The summed E-state index contributed by atoms with van der Waals surface area (Å²) >= 11 is 0. The number of hydrogen-bond acceptors (Lipinski definition) is 7. The van der Waals surface area contributed by atoms with Crippen LogP contribution in [0.3, 0.4) is 0 Å². The molecule has 0 radical (unpaired) electrons. The minimum atomic E-state index is -4.40. The molecule has 10 heteroatoms. The first-order valence-corrected chi connectivity index (χ1v) is 37.5. The third kappa shape index (κ3) is 70.0. The number of rotatable bonds is 66. The molecule has 0 aliphatic heterocycles. The summed E-state index contributed by atoms with van der Waals surface area (Å²) in [7, 11) is 1.48. The summed E-state index contributed by atoms with van der Waals surface area (Å²) in [6.07, 6.45) is 92.3. The topological polar surface area (TPSA) is 108 Å². The molecule has 9 nitrogen and oxygen atoms in total. The minimum Gasteiger partial charge on any atom is -0.462 e. The van der Waals surface area contributed by atoms with Crippen molar-refractivity contribution in [3.05, 3.63) is 97.2 Å². The van der Waals surface area contributed by atoms with Crippen molar-refractivity contribution in [2.45, 2.75) is 328 Å². The number of quaternary nitrogens is 1. The third-order valence-electron chi connectivity index (χ3n) is 15.6. The fraction of sp³-hybridized carbons (Fsp3) is 0.763. The highest BCUT2D eigenvalue weighted by Crippen LogP contribution is 2.43. The molecule has 0 heterocycles. The second kappa shape index (κ2) is 66.4. The molecule has 0 bridgehead atoms. The Bertz CT molecular complexity index is 1770. The van der Waals surface area contributed by atoms with E-state index in [9.17, 15) is 19.0 Å². The zero-order valence-corrected chi connectivity index (χ0v) is 57.7. The van der Waals surface area contributed by atoms with Gasteiger partial charge in [-0.2, -0.15) is 0 Å². The van der Waals surface area contributed by atoms with Crippen LogP contribution in [0, 0.1) is 0 Å². The van der Waals surface area contributed by atoms with E-state index in [1.54, 1.807) is 0 Å². The van der Waals surface area contributed by atoms with Crippen molar-refractivity contribution in [2.75, 3.05) is 47.5 Å². The van der Waals surface area contributed by atoms with E-state index in [-0.39, 0.29) is 32.0 Å². The van der Waals surface area contributed by atoms with Crippen molar-refractivity contribution in [3.8, 4) is 0 Å². The molecule has 0 aromatic carbocycles. The van der Waals surface area contributed by atoms with E-state index in [2.05, 4.69) is 111 Å². The first kappa shape index (κ1) is 82.9. The Kier molecular flexibility index (Phi) is 64.0. The van der Waals surface area contributed by atoms with Gasteiger partial charge in [-0.25, -0.2) is 4.57 Å². The Hall–Kier alpha value is -3.07. The molecule has 0 fully saturated rings. The molecule has 2 unspecified atom stereocenters. The summed E-state index contributed by atoms with van der Waals surface area (Å²) in [5.41, 5.74) is 0. The molecule has 0 rings (SSSR count). The molecule has 0 aromatic rings. The molecule has 0 saturated heterocycles. The first-order valence-electron chi connectivity index (χ1n) is 36.0. The summed E-state index contributed by atoms with van der Waals surface area (Å²) in [5, 5.41) is 0. The Morgan fingerprint density at radius 3 is 0.988 bits per heavy atom. The summed E-state index contributed by atoms with van der Waals surface area (Å²) in [6.45, 7) is 4.35. The fourth-order valence-corrected chi connectivity index (χ4v) is 10.9. The lowest BCUT2D eigenvalue weighted by Gasteiger charge is -2.24. The van der Waals surface area contributed by atoms with Crippen LogP contribution in [0.25, 0.3) is 0 Å². The monoisotopic (exact) mass is 1220 g/mol. The number of carbonyl (C=O) groups excluding carboxylic acids is 2. The number of esters is 2. The van der Waals surface area contributed by atoms with E-state index in [1.807, 2.05) is 21.1 Å². The molecule has 498 valence electrons. The number of ether oxygens (including phenoxy) is 2. The van der Waals surface area contributed by atoms with Crippen molar-refractivity contribution >= 4 is 19.8 Å². The smallest absolute Gasteiger partial charge is 0.462 e. The number of allylic oxidation sites excluding steroid dienone is 16. The largest absolute Gasteiger partial charge is 0.472 e. The van der Waals surface area contributed by atoms with Gasteiger partial charge in [0.25, 0.3) is 0 Å². The summed E-state index contributed by atoms with van der Waals surface area (Å²) < 4.78 is 34.8. The standard InChI is InChI=1S/C76H136NO8P/c1-6-8-10-12-14-16-18-20-22-24-26-28-30-32-34-35-36-37-38-39-40-41-43-45-47-49-51-53-55-57-59-61-63-65-67-69-76(79)85-74(73-84-86(80,81)83-71-70-77(3,4)5)72-82-75(78)68-66-64-62-60-58-56-54-52-50-48-46-44-42-33-31-29-27-25-23-21-19-17-15-13-11-9-7-2/h8,10,14,16,19-22,25-28,32,34,36-37,74H,6-7,9,11-13,15,17-18,23-24,29-31,33,35,38-73H2,1-5H3/p+1/b10-8-,16-14-,21-19-,22-20-,27-25-,28-26-,34-32-,37-36-. The van der Waals surface area contributed by atoms with E-state index in [1.165, 1.54) is 212 Å². The molecule has 2 atom stereocenters. The van der Waals surface area contributed by atoms with Gasteiger partial charge < -0.3 is 18.9 Å². The molecule has 0 aromatic heterocycles. The average Bonchev–Trinajstić information content (AvgIpc) is 3.56. The van der Waals surface area contributed by atoms with Gasteiger partial charge >= 0.3 is 19.8 Å². The van der Waals surface area contributed by atoms with E-state index in [4.69, 9.17) is 18.5 Å². The maximum atomic E-state index is 12.9. The van der Waals surface area contributed by atoms with Crippen molar-refractivity contribution in [2.24, 2.45) is 0 Å². The van der Waals surface area contributed by atoms with Crippen LogP contribution >= 0.6 is 7.82 Å². The van der Waals surface area contributed by atoms with Crippen LogP contribution in [-0.4, -0.2) is 74.9 Å². The Morgan fingerprint density at radius 2 is 0.663 bits per heavy atom. The molecular weight excluding hydrogens is 1090 g/mol. The Balaban J connectivity index is 4.02. The highest BCUT2D eigenvalue weighted by atomic mass is 31.2. The zero-order chi connectivity index (χ0) is 62.6. The van der Waals surface area contributed by atoms with Gasteiger partial charge in [-0.05, 0) is 96.3 Å². The van der Waals surface area contributed by atoms with Gasteiger partial charge in [-0.3, -0.25) is 18.6 Å². The van der Waals surface area contributed by atoms with Gasteiger partial charge in [0.1, 0.15) is 19.8 Å². The minimum absolute atomic E-state index is 0.0302. The van der Waals surface area contributed by atoms with Crippen LogP contribution in [-0.2, 0) is 32.7 Å². The van der Waals surface area contributed by atoms with Crippen LogP contribution in [0.15, 0.2) is 97.2 Å². The van der Waals surface area contributed by atoms with Crippen LogP contribution < -0.4 is 0 Å². The molecule has 0 aliphatic rings. The highest BCUT2D eigenvalue weighted by Gasteiger charge is 2.27. The maximum absolute atomic E-state index is 12.9. The number of nitrogens with zero attached hydrogens (tertiary/aromatic N) is 1. The van der Waals surface area contributed by atoms with Crippen molar-refractivity contribution in [1.29, 1.82) is 0 Å². The number of carbonyl (C=O) groups is 2. The molecule has 0 aliphatic carbocycles. The Morgan fingerprint density at radius 1 is 0.372 bits per heavy atom. The summed E-state index contributed by atoms with van der Waals surface area (Å²) in [4.78, 5) is 35.9. The third-order valence-corrected chi connectivity index (χ3v) is 16.6. The van der Waals surface area contributed by atoms with Gasteiger partial charge in [-0.15, -0.1) is 0 Å². The summed E-state index contributed by atoms with van der Waals surface area (Å²) in [6, 6.07) is 0. The van der Waals surface area contributed by atoms with Gasteiger partial charge in [0, 0.05) is 12.8 Å². The van der Waals surface area contributed by atoms with Gasteiger partial charge in [-0.1, -0.05) is 310 Å². The first-order chi connectivity index (χ1) is 42.0. The molecule has 0 saturated carbocycles. The average molecular weight is 1220 g/mol. The second-order valence-corrected chi connectivity index (χ2v) is 26.7. The van der Waals surface area contributed by atoms with Crippen LogP contribution in [0.5, 0.6) is 0 Å². The molecular formula is C76H137NO8P+. The van der Waals surface area contributed by atoms with Gasteiger partial charge in [0.2, 0.25) is 0 Å². The predicted molar refractivity (Wildman–Crippen MR) is 372 cm³/mol. The van der Waals surface area contributed by atoms with Crippen molar-refractivity contribution in [1.82, 2.24) is 0 Å². The number of likely N-dealkylation sites (N-methyl/N-ethyl adjacent to an activating group) is 1. The van der Waals surface area contributed by atoms with Crippen molar-refractivity contribution < 1.29 is 42.1 Å². The molecule has 0 amide bonds. The zero-order valence-electron chi connectivity index (χ0n) is 56.8. The van der Waals surface area contributed by atoms with Crippen LogP contribution in [0.2, 0.25) is 0 Å². The quantitative estimate of drug-likeness (QED) is 0.0211. The molecule has 1 N–H and O–H groups in total. The van der Waals surface area contributed by atoms with E-state index < -0.39 is 26.5 Å². The second-order valence-electron chi connectivity index (χ2n) is 25.2. The SMILES string of the molecule is CC/C=C\C/C=C\C/C=C\C/C=C\C/C=C\C/C=C\CCCCCCCCCCCCCCCCCCC(=O)OC(COC(=O)CCCCCCCCCCCCCCCCC/C=C\C/C=C\CCCCCCC)COP(=O)(O)OCC[N+](C)(C)C. The number of hydrogen-bond donors (Lipinski definition) is 1. The molecule has 86 heavy (non-hydrogen) atoms. The lowest BCUT2D eigenvalue weighted by molar-refractivity contribution is -0.870. The predicted octanol–water partition coefficient (Wildman–Crippen LogP) is 23.5. The van der Waals surface area contributed by atoms with Gasteiger partial charge in [0.05, 0.1) is 27.7 Å². The van der Waals surface area contributed by atoms with E-state index in [0.717, 1.165) is 77.0 Å². The number of unbranched alkanes of at least 4 members (excludes halogenated alkanes) is 36. The highest BCUT2D eigenvalue weighted by molar-refractivity contribution is 7.47. The van der Waals surface area contributed by atoms with E-state index >= 15 is 0 Å². The van der Waals surface area contributed by atoms with Gasteiger partial charge in [0.15, 0.2) is 6.10 Å². The fourth-order valence-electron chi connectivity index (χ4n) is 10.1. The molecule has 0 spiro atoms. The van der Waals surface area contributed by atoms with Crippen molar-refractivity contribution in [3.63, 3.8) is 0 Å². The van der Waals surface area contributed by atoms with Crippen LogP contribution in [0.4, 0.5) is 0 Å². The lowest BCUT2D eigenvalue weighted by Crippen LogP contribution is -2.37. The number of phosphoric ester groups is 1. The van der Waals surface area contributed by atoms with Crippen LogP contribution in [0.1, 0.15) is 322 Å².